The van der Waals surface area contributed by atoms with Crippen LogP contribution >= 0.6 is 0 Å². The van der Waals surface area contributed by atoms with Gasteiger partial charge in [-0.05, 0) is 44.7 Å². The molecule has 1 unspecified atom stereocenters. The average Bonchev–Trinajstić information content (AvgIpc) is 3.32. The van der Waals surface area contributed by atoms with Crippen LogP contribution in [0.15, 0.2) is 60.7 Å². The van der Waals surface area contributed by atoms with Crippen molar-refractivity contribution < 1.29 is 29.0 Å². The van der Waals surface area contributed by atoms with Crippen LogP contribution in [0.5, 0.6) is 0 Å². The van der Waals surface area contributed by atoms with E-state index >= 15 is 0 Å². The largest absolute Gasteiger partial charge is 0.458 e. The lowest BCUT2D eigenvalue weighted by molar-refractivity contribution is -0.159. The van der Waals surface area contributed by atoms with Gasteiger partial charge in [-0.1, -0.05) is 60.7 Å². The molecule has 1 saturated heterocycles. The number of esters is 1. The van der Waals surface area contributed by atoms with Gasteiger partial charge in [-0.15, -0.1) is 0 Å². The molecule has 0 bridgehead atoms. The van der Waals surface area contributed by atoms with Crippen LogP contribution in [0.4, 0.5) is 4.79 Å². The fourth-order valence-electron chi connectivity index (χ4n) is 4.00. The SMILES string of the molecule is CC(C)(C)OC(=O)[C@@H](Cc1ccccc1)NC(=O)C(O)[C@@H]1CCCN1C(=O)OCc1ccccc1. The van der Waals surface area contributed by atoms with Crippen LogP contribution in [-0.4, -0.2) is 58.3 Å². The molecule has 3 rings (SSSR count). The lowest BCUT2D eigenvalue weighted by Crippen LogP contribution is -2.54. The van der Waals surface area contributed by atoms with Crippen molar-refractivity contribution in [1.82, 2.24) is 10.2 Å². The van der Waals surface area contributed by atoms with E-state index in [1.54, 1.807) is 20.8 Å². The van der Waals surface area contributed by atoms with Crippen LogP contribution in [0.25, 0.3) is 0 Å². The minimum absolute atomic E-state index is 0.100. The normalized spacial score (nSPS) is 17.4. The van der Waals surface area contributed by atoms with E-state index in [0.29, 0.717) is 19.4 Å². The summed E-state index contributed by atoms with van der Waals surface area (Å²) in [7, 11) is 0. The first-order valence-electron chi connectivity index (χ1n) is 11.9. The number of benzene rings is 2. The van der Waals surface area contributed by atoms with Gasteiger partial charge in [0.15, 0.2) is 6.10 Å². The fourth-order valence-corrected chi connectivity index (χ4v) is 4.00. The second kappa shape index (κ2) is 11.8. The summed E-state index contributed by atoms with van der Waals surface area (Å²) in [5, 5.41) is 13.5. The van der Waals surface area contributed by atoms with Crippen LogP contribution < -0.4 is 5.32 Å². The Balaban J connectivity index is 1.65. The Labute approximate surface area is 206 Å². The number of carbonyl (C=O) groups excluding carboxylic acids is 3. The van der Waals surface area contributed by atoms with E-state index in [1.165, 1.54) is 4.90 Å². The number of ether oxygens (including phenoxy) is 2. The number of aliphatic hydroxyl groups is 1. The monoisotopic (exact) mass is 482 g/mol. The van der Waals surface area contributed by atoms with Gasteiger partial charge in [0.2, 0.25) is 0 Å². The number of rotatable bonds is 8. The van der Waals surface area contributed by atoms with Gasteiger partial charge in [-0.3, -0.25) is 4.79 Å². The Morgan fingerprint density at radius 3 is 2.23 bits per heavy atom. The van der Waals surface area contributed by atoms with Gasteiger partial charge < -0.3 is 24.8 Å². The van der Waals surface area contributed by atoms with Crippen molar-refractivity contribution in [3.63, 3.8) is 0 Å². The van der Waals surface area contributed by atoms with Crippen LogP contribution in [0, 0.1) is 0 Å². The lowest BCUT2D eigenvalue weighted by Gasteiger charge is -2.29. The van der Waals surface area contributed by atoms with Crippen molar-refractivity contribution in [3.05, 3.63) is 71.8 Å². The fraction of sp³-hybridized carbons (Fsp3) is 0.444. The smallest absolute Gasteiger partial charge is 0.410 e. The topological polar surface area (TPSA) is 105 Å². The molecule has 0 saturated carbocycles. The maximum atomic E-state index is 13.0. The zero-order valence-corrected chi connectivity index (χ0v) is 20.5. The van der Waals surface area contributed by atoms with Crippen LogP contribution in [-0.2, 0) is 32.1 Å². The molecule has 0 radical (unpaired) electrons. The van der Waals surface area contributed by atoms with Crippen molar-refractivity contribution in [3.8, 4) is 0 Å². The Hall–Kier alpha value is -3.39. The molecule has 1 aliphatic rings. The highest BCUT2D eigenvalue weighted by molar-refractivity contribution is 5.88. The molecule has 35 heavy (non-hydrogen) atoms. The number of carbonyl (C=O) groups is 3. The van der Waals surface area contributed by atoms with Gasteiger partial charge in [-0.25, -0.2) is 9.59 Å². The molecule has 0 aliphatic carbocycles. The molecule has 1 aliphatic heterocycles. The minimum atomic E-state index is -1.51. The van der Waals surface area contributed by atoms with Gasteiger partial charge in [0.1, 0.15) is 18.2 Å². The van der Waals surface area contributed by atoms with E-state index in [0.717, 1.165) is 11.1 Å². The zero-order chi connectivity index (χ0) is 25.4. The van der Waals surface area contributed by atoms with E-state index in [-0.39, 0.29) is 13.0 Å². The standard InChI is InChI=1S/C27H34N2O6/c1-27(2,3)35-25(32)21(17-19-11-6-4-7-12-19)28-24(31)23(30)22-15-10-16-29(22)26(33)34-18-20-13-8-5-9-14-20/h4-9,11-14,21-23,30H,10,15-18H2,1-3H3,(H,28,31)/t21-,22+,23?/m1/s1. The van der Waals surface area contributed by atoms with Gasteiger partial charge in [-0.2, -0.15) is 0 Å². The summed E-state index contributed by atoms with van der Waals surface area (Å²) in [5.74, 6) is -1.32. The highest BCUT2D eigenvalue weighted by Gasteiger charge is 2.39. The van der Waals surface area contributed by atoms with Crippen LogP contribution in [0.2, 0.25) is 0 Å². The quantitative estimate of drug-likeness (QED) is 0.560. The van der Waals surface area contributed by atoms with Crippen LogP contribution in [0.1, 0.15) is 44.7 Å². The molecule has 2 N–H and O–H groups in total. The van der Waals surface area contributed by atoms with Crippen LogP contribution in [0.3, 0.4) is 0 Å². The van der Waals surface area contributed by atoms with E-state index in [4.69, 9.17) is 9.47 Å². The molecule has 2 amide bonds. The molecule has 3 atom stereocenters. The Kier molecular flexibility index (Phi) is 8.87. The molecule has 1 heterocycles. The molecule has 0 aromatic heterocycles. The average molecular weight is 483 g/mol. The molecule has 2 aromatic carbocycles. The summed E-state index contributed by atoms with van der Waals surface area (Å²) in [6.07, 6.45) is -0.805. The second-order valence-corrected chi connectivity index (χ2v) is 9.67. The molecule has 8 heteroatoms. The highest BCUT2D eigenvalue weighted by atomic mass is 16.6. The first kappa shape index (κ1) is 26.2. The first-order chi connectivity index (χ1) is 16.6. The number of nitrogens with one attached hydrogen (secondary N) is 1. The Bertz CT molecular complexity index is 990. The second-order valence-electron chi connectivity index (χ2n) is 9.67. The van der Waals surface area contributed by atoms with Gasteiger partial charge >= 0.3 is 12.1 Å². The highest BCUT2D eigenvalue weighted by Crippen LogP contribution is 2.22. The first-order valence-corrected chi connectivity index (χ1v) is 11.9. The van der Waals surface area contributed by atoms with Crippen molar-refractivity contribution in [2.45, 2.75) is 70.4 Å². The van der Waals surface area contributed by atoms with Crippen molar-refractivity contribution in [1.29, 1.82) is 0 Å². The molecule has 0 spiro atoms. The summed E-state index contributed by atoms with van der Waals surface area (Å²) in [5.41, 5.74) is 0.946. The molecule has 188 valence electrons. The summed E-state index contributed by atoms with van der Waals surface area (Å²) in [4.78, 5) is 39.9. The third-order valence-electron chi connectivity index (χ3n) is 5.66. The van der Waals surface area contributed by atoms with Gasteiger partial charge in [0.05, 0.1) is 6.04 Å². The number of aliphatic hydroxyl groups excluding tert-OH is 1. The molecule has 8 nitrogen and oxygen atoms in total. The third kappa shape index (κ3) is 7.82. The number of hydrogen-bond acceptors (Lipinski definition) is 6. The number of hydrogen-bond donors (Lipinski definition) is 2. The van der Waals surface area contributed by atoms with Gasteiger partial charge in [0.25, 0.3) is 5.91 Å². The number of nitrogens with zero attached hydrogens (tertiary/aromatic N) is 1. The maximum absolute atomic E-state index is 13.0. The minimum Gasteiger partial charge on any atom is -0.458 e. The number of amides is 2. The van der Waals surface area contributed by atoms with E-state index in [9.17, 15) is 19.5 Å². The van der Waals surface area contributed by atoms with Gasteiger partial charge in [0, 0.05) is 13.0 Å². The summed E-state index contributed by atoms with van der Waals surface area (Å²) < 4.78 is 10.9. The lowest BCUT2D eigenvalue weighted by atomic mass is 10.0. The number of likely N-dealkylation sites (tertiary alicyclic amines) is 1. The molecule has 1 fully saturated rings. The Morgan fingerprint density at radius 1 is 1.03 bits per heavy atom. The molecular formula is C27H34N2O6. The van der Waals surface area contributed by atoms with E-state index in [2.05, 4.69) is 5.32 Å². The van der Waals surface area contributed by atoms with E-state index < -0.39 is 41.8 Å². The molecule has 2 aromatic rings. The predicted octanol–water partition coefficient (Wildman–Crippen LogP) is 3.22. The molecular weight excluding hydrogens is 448 g/mol. The van der Waals surface area contributed by atoms with Crippen molar-refractivity contribution in [2.75, 3.05) is 6.54 Å². The maximum Gasteiger partial charge on any atom is 0.410 e. The summed E-state index contributed by atoms with van der Waals surface area (Å²) in [6, 6.07) is 16.8. The van der Waals surface area contributed by atoms with Crippen molar-refractivity contribution in [2.24, 2.45) is 0 Å². The Morgan fingerprint density at radius 2 is 1.63 bits per heavy atom. The third-order valence-corrected chi connectivity index (χ3v) is 5.66. The summed E-state index contributed by atoms with van der Waals surface area (Å²) in [6.45, 7) is 5.72. The zero-order valence-electron chi connectivity index (χ0n) is 20.5. The predicted molar refractivity (Wildman–Crippen MR) is 130 cm³/mol. The van der Waals surface area contributed by atoms with E-state index in [1.807, 2.05) is 60.7 Å². The van der Waals surface area contributed by atoms with Crippen molar-refractivity contribution >= 4 is 18.0 Å². The summed E-state index contributed by atoms with van der Waals surface area (Å²) >= 11 is 0.